The first-order chi connectivity index (χ1) is 4.88. The zero-order valence-electron chi connectivity index (χ0n) is 5.35. The van der Waals surface area contributed by atoms with Crippen LogP contribution in [0.1, 0.15) is 11.1 Å². The normalized spacial score (nSPS) is 9.80. The Morgan fingerprint density at radius 2 is 1.90 bits per heavy atom. The second-order valence-corrected chi connectivity index (χ2v) is 2.45. The Balaban J connectivity index is 2.96. The van der Waals surface area contributed by atoms with Gasteiger partial charge in [0.05, 0.1) is 0 Å². The van der Waals surface area contributed by atoms with Gasteiger partial charge in [-0.05, 0) is 17.2 Å². The first kappa shape index (κ1) is 7.83. The Bertz CT molecular complexity index is 190. The lowest BCUT2D eigenvalue weighted by molar-refractivity contribution is 1.18. The number of pyridine rings is 1. The van der Waals surface area contributed by atoms with Crippen LogP contribution in [-0.2, 0) is 11.8 Å². The van der Waals surface area contributed by atoms with Crippen LogP contribution in [-0.4, -0.2) is 4.98 Å². The van der Waals surface area contributed by atoms with Crippen molar-refractivity contribution in [2.45, 2.75) is 11.8 Å². The molecule has 0 amide bonds. The zero-order valence-corrected chi connectivity index (χ0v) is 6.86. The summed E-state index contributed by atoms with van der Waals surface area (Å²) in [5.41, 5.74) is 2.07. The summed E-state index contributed by atoms with van der Waals surface area (Å²) in [7, 11) is 0. The van der Waals surface area contributed by atoms with Crippen molar-refractivity contribution in [1.82, 2.24) is 4.98 Å². The van der Waals surface area contributed by atoms with Gasteiger partial charge in [0.1, 0.15) is 0 Å². The zero-order chi connectivity index (χ0) is 7.40. The molecule has 0 unspecified atom stereocenters. The van der Waals surface area contributed by atoms with Crippen molar-refractivity contribution in [2.75, 3.05) is 0 Å². The third-order valence-corrected chi connectivity index (χ3v) is 1.87. The van der Waals surface area contributed by atoms with Crippen LogP contribution < -0.4 is 0 Å². The molecule has 1 rings (SSSR count). The van der Waals surface area contributed by atoms with Gasteiger partial charge in [0.2, 0.25) is 0 Å². The average molecular weight is 176 g/mol. The van der Waals surface area contributed by atoms with Crippen LogP contribution in [0.4, 0.5) is 0 Å². The second-order valence-electron chi connectivity index (χ2n) is 1.91. The van der Waals surface area contributed by atoms with Crippen molar-refractivity contribution in [3.05, 3.63) is 29.6 Å². The minimum absolute atomic E-state index is 0.482. The van der Waals surface area contributed by atoms with Crippen molar-refractivity contribution in [3.8, 4) is 0 Å². The summed E-state index contributed by atoms with van der Waals surface area (Å²) >= 11 is 11.2. The largest absolute Gasteiger partial charge is 0.264 e. The molecule has 0 radical (unpaired) electrons. The Kier molecular flexibility index (Phi) is 2.97. The van der Waals surface area contributed by atoms with Gasteiger partial charge in [-0.3, -0.25) is 4.98 Å². The van der Waals surface area contributed by atoms with Gasteiger partial charge in [0.25, 0.3) is 0 Å². The standard InChI is InChI=1S/C7H7Cl2N/c8-3-6-1-2-10-5-7(6)4-9/h1-2,5H,3-4H2. The Morgan fingerprint density at radius 3 is 2.40 bits per heavy atom. The first-order valence-electron chi connectivity index (χ1n) is 2.92. The number of hydrogen-bond donors (Lipinski definition) is 0. The molecule has 3 heteroatoms. The summed E-state index contributed by atoms with van der Waals surface area (Å²) in [6.45, 7) is 0. The Labute approximate surface area is 70.0 Å². The van der Waals surface area contributed by atoms with Crippen LogP contribution in [0.3, 0.4) is 0 Å². The molecule has 0 spiro atoms. The van der Waals surface area contributed by atoms with Crippen LogP contribution in [0.25, 0.3) is 0 Å². The third-order valence-electron chi connectivity index (χ3n) is 1.29. The van der Waals surface area contributed by atoms with Crippen molar-refractivity contribution >= 4 is 23.2 Å². The Morgan fingerprint density at radius 1 is 1.20 bits per heavy atom. The molecule has 1 aromatic heterocycles. The van der Waals surface area contributed by atoms with Crippen LogP contribution >= 0.6 is 23.2 Å². The summed E-state index contributed by atoms with van der Waals surface area (Å²) in [6.07, 6.45) is 3.46. The van der Waals surface area contributed by atoms with Gasteiger partial charge in [-0.1, -0.05) is 0 Å². The van der Waals surface area contributed by atoms with E-state index in [1.165, 1.54) is 0 Å². The van der Waals surface area contributed by atoms with Gasteiger partial charge in [0, 0.05) is 24.2 Å². The van der Waals surface area contributed by atoms with Gasteiger partial charge >= 0.3 is 0 Å². The maximum absolute atomic E-state index is 5.62. The summed E-state index contributed by atoms with van der Waals surface area (Å²) in [5.74, 6) is 0.987. The predicted molar refractivity (Wildman–Crippen MR) is 43.4 cm³/mol. The van der Waals surface area contributed by atoms with E-state index in [9.17, 15) is 0 Å². The van der Waals surface area contributed by atoms with Crippen molar-refractivity contribution in [2.24, 2.45) is 0 Å². The minimum Gasteiger partial charge on any atom is -0.264 e. The number of halogens is 2. The molecule has 0 saturated carbocycles. The summed E-state index contributed by atoms with van der Waals surface area (Å²) in [5, 5.41) is 0. The van der Waals surface area contributed by atoms with Crippen LogP contribution in [0.5, 0.6) is 0 Å². The van der Waals surface area contributed by atoms with Crippen molar-refractivity contribution in [3.63, 3.8) is 0 Å². The van der Waals surface area contributed by atoms with Crippen LogP contribution in [0.2, 0.25) is 0 Å². The molecule has 1 heterocycles. The van der Waals surface area contributed by atoms with E-state index in [1.807, 2.05) is 6.07 Å². The fraction of sp³-hybridized carbons (Fsp3) is 0.286. The van der Waals surface area contributed by atoms with E-state index >= 15 is 0 Å². The molecule has 0 aliphatic heterocycles. The minimum atomic E-state index is 0.482. The predicted octanol–water partition coefficient (Wildman–Crippen LogP) is 2.56. The fourth-order valence-corrected chi connectivity index (χ4v) is 1.21. The van der Waals surface area contributed by atoms with E-state index in [-0.39, 0.29) is 0 Å². The average Bonchev–Trinajstić information content (AvgIpc) is 2.04. The molecule has 0 bridgehead atoms. The molecule has 0 atom stereocenters. The fourth-order valence-electron chi connectivity index (χ4n) is 0.707. The molecule has 10 heavy (non-hydrogen) atoms. The highest BCUT2D eigenvalue weighted by Crippen LogP contribution is 2.11. The van der Waals surface area contributed by atoms with E-state index in [1.54, 1.807) is 12.4 Å². The van der Waals surface area contributed by atoms with E-state index in [4.69, 9.17) is 23.2 Å². The van der Waals surface area contributed by atoms with Gasteiger partial charge in [0.15, 0.2) is 0 Å². The topological polar surface area (TPSA) is 12.9 Å². The monoisotopic (exact) mass is 175 g/mol. The molecule has 0 aliphatic carbocycles. The van der Waals surface area contributed by atoms with Gasteiger partial charge in [-0.15, -0.1) is 23.2 Å². The lowest BCUT2D eigenvalue weighted by Crippen LogP contribution is -1.88. The van der Waals surface area contributed by atoms with Gasteiger partial charge in [-0.2, -0.15) is 0 Å². The maximum Gasteiger partial charge on any atom is 0.0492 e. The lowest BCUT2D eigenvalue weighted by atomic mass is 10.2. The van der Waals surface area contributed by atoms with Crippen molar-refractivity contribution < 1.29 is 0 Å². The van der Waals surface area contributed by atoms with Crippen LogP contribution in [0.15, 0.2) is 18.5 Å². The molecular weight excluding hydrogens is 169 g/mol. The van der Waals surface area contributed by atoms with E-state index in [2.05, 4.69) is 4.98 Å². The van der Waals surface area contributed by atoms with E-state index in [0.29, 0.717) is 11.8 Å². The molecule has 0 N–H and O–H groups in total. The molecule has 1 nitrogen and oxygen atoms in total. The summed E-state index contributed by atoms with van der Waals surface area (Å²) in [4.78, 5) is 3.92. The van der Waals surface area contributed by atoms with E-state index < -0.39 is 0 Å². The molecule has 0 saturated heterocycles. The summed E-state index contributed by atoms with van der Waals surface area (Å²) in [6, 6.07) is 1.88. The van der Waals surface area contributed by atoms with Gasteiger partial charge in [-0.25, -0.2) is 0 Å². The third kappa shape index (κ3) is 1.61. The lowest BCUT2D eigenvalue weighted by Gasteiger charge is -1.99. The number of nitrogens with zero attached hydrogens (tertiary/aromatic N) is 1. The highest BCUT2D eigenvalue weighted by Gasteiger charge is 1.97. The molecule has 0 aliphatic rings. The van der Waals surface area contributed by atoms with Gasteiger partial charge < -0.3 is 0 Å². The number of hydrogen-bond acceptors (Lipinski definition) is 1. The highest BCUT2D eigenvalue weighted by molar-refractivity contribution is 6.18. The number of alkyl halides is 2. The molecule has 1 aromatic rings. The quantitative estimate of drug-likeness (QED) is 0.631. The molecular formula is C7H7Cl2N. The molecule has 0 fully saturated rings. The van der Waals surface area contributed by atoms with E-state index in [0.717, 1.165) is 11.1 Å². The second kappa shape index (κ2) is 3.79. The smallest absolute Gasteiger partial charge is 0.0492 e. The molecule has 54 valence electrons. The number of rotatable bonds is 2. The Hall–Kier alpha value is -0.270. The first-order valence-corrected chi connectivity index (χ1v) is 3.99. The van der Waals surface area contributed by atoms with Crippen molar-refractivity contribution in [1.29, 1.82) is 0 Å². The highest BCUT2D eigenvalue weighted by atomic mass is 35.5. The maximum atomic E-state index is 5.62. The summed E-state index contributed by atoms with van der Waals surface area (Å²) < 4.78 is 0. The van der Waals surface area contributed by atoms with Crippen LogP contribution in [0, 0.1) is 0 Å². The molecule has 0 aromatic carbocycles. The SMILES string of the molecule is ClCc1ccncc1CCl. The number of aromatic nitrogens is 1.